The SMILES string of the molecule is N#CC(O)C1Cc2cccnc2C1. The maximum Gasteiger partial charge on any atom is 0.144 e. The third kappa shape index (κ3) is 1.41. The van der Waals surface area contributed by atoms with E-state index in [2.05, 4.69) is 4.98 Å². The fourth-order valence-electron chi connectivity index (χ4n) is 1.77. The molecule has 3 heteroatoms. The van der Waals surface area contributed by atoms with E-state index in [4.69, 9.17) is 5.26 Å². The quantitative estimate of drug-likeness (QED) is 0.637. The number of aliphatic hydroxyl groups excluding tert-OH is 1. The first-order valence-electron chi connectivity index (χ1n) is 4.31. The third-order valence-electron chi connectivity index (χ3n) is 2.50. The number of hydrogen-bond acceptors (Lipinski definition) is 3. The molecule has 1 N–H and O–H groups in total. The van der Waals surface area contributed by atoms with Crippen LogP contribution in [0.3, 0.4) is 0 Å². The lowest BCUT2D eigenvalue weighted by Crippen LogP contribution is -2.18. The number of hydrogen-bond donors (Lipinski definition) is 1. The number of nitrogens with zero attached hydrogens (tertiary/aromatic N) is 2. The summed E-state index contributed by atoms with van der Waals surface area (Å²) in [6.45, 7) is 0. The van der Waals surface area contributed by atoms with Crippen LogP contribution in [0.5, 0.6) is 0 Å². The zero-order chi connectivity index (χ0) is 9.26. The van der Waals surface area contributed by atoms with Crippen molar-refractivity contribution < 1.29 is 5.11 Å². The van der Waals surface area contributed by atoms with Crippen molar-refractivity contribution in [3.63, 3.8) is 0 Å². The Morgan fingerprint density at radius 1 is 1.62 bits per heavy atom. The molecule has 66 valence electrons. The summed E-state index contributed by atoms with van der Waals surface area (Å²) < 4.78 is 0. The van der Waals surface area contributed by atoms with E-state index in [1.807, 2.05) is 18.2 Å². The van der Waals surface area contributed by atoms with Crippen molar-refractivity contribution in [3.8, 4) is 6.07 Å². The first-order valence-corrected chi connectivity index (χ1v) is 4.31. The molecule has 0 bridgehead atoms. The van der Waals surface area contributed by atoms with Gasteiger partial charge in [0.15, 0.2) is 0 Å². The Labute approximate surface area is 76.7 Å². The van der Waals surface area contributed by atoms with Gasteiger partial charge in [-0.1, -0.05) is 6.07 Å². The second-order valence-electron chi connectivity index (χ2n) is 3.35. The first kappa shape index (κ1) is 8.21. The van der Waals surface area contributed by atoms with Crippen molar-refractivity contribution in [2.75, 3.05) is 0 Å². The van der Waals surface area contributed by atoms with Crippen LogP contribution in [0.15, 0.2) is 18.3 Å². The smallest absolute Gasteiger partial charge is 0.144 e. The Hall–Kier alpha value is -1.40. The summed E-state index contributed by atoms with van der Waals surface area (Å²) in [5, 5.41) is 17.9. The van der Waals surface area contributed by atoms with Crippen molar-refractivity contribution in [1.29, 1.82) is 5.26 Å². The minimum atomic E-state index is -0.853. The van der Waals surface area contributed by atoms with E-state index in [-0.39, 0.29) is 5.92 Å². The van der Waals surface area contributed by atoms with E-state index in [1.54, 1.807) is 6.20 Å². The summed E-state index contributed by atoms with van der Waals surface area (Å²) in [5.74, 6) is 0.0369. The molecule has 0 radical (unpaired) electrons. The molecule has 3 nitrogen and oxygen atoms in total. The largest absolute Gasteiger partial charge is 0.378 e. The highest BCUT2D eigenvalue weighted by atomic mass is 16.3. The molecule has 1 aromatic heterocycles. The van der Waals surface area contributed by atoms with Crippen LogP contribution < -0.4 is 0 Å². The van der Waals surface area contributed by atoms with Crippen molar-refractivity contribution in [3.05, 3.63) is 29.6 Å². The molecule has 0 spiro atoms. The van der Waals surface area contributed by atoms with Gasteiger partial charge in [-0.3, -0.25) is 4.98 Å². The van der Waals surface area contributed by atoms with Crippen molar-refractivity contribution in [2.45, 2.75) is 18.9 Å². The van der Waals surface area contributed by atoms with E-state index in [1.165, 1.54) is 5.56 Å². The average Bonchev–Trinajstić information content (AvgIpc) is 2.59. The van der Waals surface area contributed by atoms with Crippen LogP contribution in [0.25, 0.3) is 0 Å². The highest BCUT2D eigenvalue weighted by molar-refractivity contribution is 5.26. The normalized spacial score (nSPS) is 22.0. The molecular formula is C10H10N2O. The molecule has 2 rings (SSSR count). The van der Waals surface area contributed by atoms with E-state index < -0.39 is 6.10 Å². The fraction of sp³-hybridized carbons (Fsp3) is 0.400. The van der Waals surface area contributed by atoms with Crippen molar-refractivity contribution in [1.82, 2.24) is 4.98 Å². The Bertz CT molecular complexity index is 331. The Balaban J connectivity index is 2.19. The maximum atomic E-state index is 9.34. The molecular weight excluding hydrogens is 164 g/mol. The summed E-state index contributed by atoms with van der Waals surface area (Å²) in [4.78, 5) is 4.21. The lowest BCUT2D eigenvalue weighted by molar-refractivity contribution is 0.164. The maximum absolute atomic E-state index is 9.34. The summed E-state index contributed by atoms with van der Waals surface area (Å²) in [6, 6.07) is 5.76. The first-order chi connectivity index (χ1) is 6.31. The Kier molecular flexibility index (Phi) is 1.99. The van der Waals surface area contributed by atoms with Gasteiger partial charge in [-0.2, -0.15) is 5.26 Å². The third-order valence-corrected chi connectivity index (χ3v) is 2.50. The number of fused-ring (bicyclic) bond motifs is 1. The molecule has 2 unspecified atom stereocenters. The molecule has 0 saturated carbocycles. The standard InChI is InChI=1S/C10H10N2O/c11-6-10(13)8-4-7-2-1-3-12-9(7)5-8/h1-3,8,10,13H,4-5H2. The molecule has 0 aliphatic heterocycles. The number of pyridine rings is 1. The number of aliphatic hydroxyl groups is 1. The van der Waals surface area contributed by atoms with Crippen LogP contribution in [-0.4, -0.2) is 16.2 Å². The van der Waals surface area contributed by atoms with Gasteiger partial charge in [-0.05, 0) is 24.5 Å². The van der Waals surface area contributed by atoms with Crippen LogP contribution in [0.4, 0.5) is 0 Å². The van der Waals surface area contributed by atoms with Crippen LogP contribution in [0.1, 0.15) is 11.3 Å². The van der Waals surface area contributed by atoms with Gasteiger partial charge in [0.2, 0.25) is 0 Å². The molecule has 1 aromatic rings. The van der Waals surface area contributed by atoms with Crippen LogP contribution in [0, 0.1) is 17.2 Å². The number of aromatic nitrogens is 1. The van der Waals surface area contributed by atoms with Gasteiger partial charge in [0.05, 0.1) is 6.07 Å². The van der Waals surface area contributed by atoms with E-state index in [9.17, 15) is 5.11 Å². The van der Waals surface area contributed by atoms with Crippen LogP contribution in [0.2, 0.25) is 0 Å². The van der Waals surface area contributed by atoms with Gasteiger partial charge in [0.25, 0.3) is 0 Å². The monoisotopic (exact) mass is 174 g/mol. The Morgan fingerprint density at radius 3 is 3.15 bits per heavy atom. The lowest BCUT2D eigenvalue weighted by Gasteiger charge is -2.08. The van der Waals surface area contributed by atoms with Gasteiger partial charge < -0.3 is 5.11 Å². The van der Waals surface area contributed by atoms with Crippen LogP contribution >= 0.6 is 0 Å². The highest BCUT2D eigenvalue weighted by Crippen LogP contribution is 2.26. The summed E-state index contributed by atoms with van der Waals surface area (Å²) >= 11 is 0. The zero-order valence-electron chi connectivity index (χ0n) is 7.14. The molecule has 0 amide bonds. The van der Waals surface area contributed by atoms with E-state index in [0.717, 1.165) is 18.5 Å². The van der Waals surface area contributed by atoms with Crippen molar-refractivity contribution >= 4 is 0 Å². The average molecular weight is 174 g/mol. The van der Waals surface area contributed by atoms with E-state index in [0.29, 0.717) is 0 Å². The van der Waals surface area contributed by atoms with Gasteiger partial charge in [-0.25, -0.2) is 0 Å². The minimum absolute atomic E-state index is 0.0369. The minimum Gasteiger partial charge on any atom is -0.378 e. The van der Waals surface area contributed by atoms with Crippen molar-refractivity contribution in [2.24, 2.45) is 5.92 Å². The lowest BCUT2D eigenvalue weighted by atomic mass is 10.0. The van der Waals surface area contributed by atoms with E-state index >= 15 is 0 Å². The number of rotatable bonds is 1. The summed E-state index contributed by atoms with van der Waals surface area (Å²) in [5.41, 5.74) is 2.20. The van der Waals surface area contributed by atoms with Gasteiger partial charge in [0.1, 0.15) is 6.10 Å². The zero-order valence-corrected chi connectivity index (χ0v) is 7.14. The molecule has 0 aromatic carbocycles. The molecule has 0 fully saturated rings. The van der Waals surface area contributed by atoms with Gasteiger partial charge in [-0.15, -0.1) is 0 Å². The Morgan fingerprint density at radius 2 is 2.46 bits per heavy atom. The molecule has 1 aliphatic carbocycles. The number of nitriles is 1. The molecule has 1 aliphatic rings. The highest BCUT2D eigenvalue weighted by Gasteiger charge is 2.27. The predicted molar refractivity (Wildman–Crippen MR) is 46.8 cm³/mol. The second-order valence-corrected chi connectivity index (χ2v) is 3.35. The second kappa shape index (κ2) is 3.15. The molecule has 13 heavy (non-hydrogen) atoms. The summed E-state index contributed by atoms with van der Waals surface area (Å²) in [7, 11) is 0. The van der Waals surface area contributed by atoms with Gasteiger partial charge >= 0.3 is 0 Å². The van der Waals surface area contributed by atoms with Crippen LogP contribution in [-0.2, 0) is 12.8 Å². The fourth-order valence-corrected chi connectivity index (χ4v) is 1.77. The van der Waals surface area contributed by atoms with Gasteiger partial charge in [0, 0.05) is 17.8 Å². The molecule has 0 saturated heterocycles. The topological polar surface area (TPSA) is 56.9 Å². The molecule has 1 heterocycles. The predicted octanol–water partition coefficient (Wildman–Crippen LogP) is 0.681. The summed E-state index contributed by atoms with van der Waals surface area (Å²) in [6.07, 6.45) is 2.40. The molecule has 2 atom stereocenters.